The Hall–Kier alpha value is -2.89. The number of aromatic nitrogens is 1. The molecule has 1 atom stereocenters. The molecular formula is C23H26N4O3S. The molecule has 1 unspecified atom stereocenters. The molecule has 1 N–H and O–H groups in total. The lowest BCUT2D eigenvalue weighted by molar-refractivity contribution is -0.119. The molecule has 2 aromatic rings. The first-order valence-electron chi connectivity index (χ1n) is 10.3. The summed E-state index contributed by atoms with van der Waals surface area (Å²) < 4.78 is 5.00. The maximum absolute atomic E-state index is 12.4. The Bertz CT molecular complexity index is 975. The highest BCUT2D eigenvalue weighted by Crippen LogP contribution is 2.23. The molecule has 3 rings (SSSR count). The third kappa shape index (κ3) is 6.29. The van der Waals surface area contributed by atoms with E-state index in [1.54, 1.807) is 13.8 Å². The topological polar surface area (TPSA) is 95.3 Å². The molecule has 1 amide bonds. The molecule has 2 heterocycles. The minimum absolute atomic E-state index is 0.0885. The Morgan fingerprint density at radius 2 is 2.13 bits per heavy atom. The Morgan fingerprint density at radius 1 is 1.35 bits per heavy atom. The summed E-state index contributed by atoms with van der Waals surface area (Å²) >= 11 is 1.20. The number of rotatable bonds is 8. The number of aryl methyl sites for hydroxylation is 1. The number of carbonyl (C=O) groups is 2. The van der Waals surface area contributed by atoms with Gasteiger partial charge < -0.3 is 10.1 Å². The molecule has 0 radical (unpaired) electrons. The highest BCUT2D eigenvalue weighted by Gasteiger charge is 2.24. The van der Waals surface area contributed by atoms with Crippen LogP contribution in [-0.2, 0) is 16.1 Å². The van der Waals surface area contributed by atoms with Gasteiger partial charge in [-0.15, -0.1) is 0 Å². The molecule has 31 heavy (non-hydrogen) atoms. The zero-order chi connectivity index (χ0) is 22.2. The second kappa shape index (κ2) is 10.9. The van der Waals surface area contributed by atoms with Crippen molar-refractivity contribution in [3.63, 3.8) is 0 Å². The van der Waals surface area contributed by atoms with Gasteiger partial charge in [-0.1, -0.05) is 42.1 Å². The molecule has 7 nitrogen and oxygen atoms in total. The Kier molecular flexibility index (Phi) is 8.04. The van der Waals surface area contributed by atoms with Gasteiger partial charge in [-0.05, 0) is 31.9 Å². The van der Waals surface area contributed by atoms with Crippen molar-refractivity contribution < 1.29 is 14.3 Å². The first-order chi connectivity index (χ1) is 15.0. The van der Waals surface area contributed by atoms with E-state index in [2.05, 4.69) is 33.4 Å². The number of nitrogens with one attached hydrogen (secondary N) is 1. The molecule has 0 saturated carbocycles. The van der Waals surface area contributed by atoms with E-state index < -0.39 is 5.97 Å². The van der Waals surface area contributed by atoms with Gasteiger partial charge in [-0.25, -0.2) is 9.78 Å². The average molecular weight is 439 g/mol. The van der Waals surface area contributed by atoms with E-state index in [9.17, 15) is 14.9 Å². The number of nitrogens with zero attached hydrogens (tertiary/aromatic N) is 3. The van der Waals surface area contributed by atoms with E-state index in [4.69, 9.17) is 4.74 Å². The predicted molar refractivity (Wildman–Crippen MR) is 119 cm³/mol. The number of amides is 1. The van der Waals surface area contributed by atoms with Crippen molar-refractivity contribution >= 4 is 23.6 Å². The number of likely N-dealkylation sites (tertiary alicyclic amines) is 1. The van der Waals surface area contributed by atoms with E-state index >= 15 is 0 Å². The van der Waals surface area contributed by atoms with Crippen LogP contribution in [0.3, 0.4) is 0 Å². The maximum atomic E-state index is 12.4. The second-order valence-electron chi connectivity index (χ2n) is 7.37. The number of esters is 1. The van der Waals surface area contributed by atoms with Crippen LogP contribution in [0, 0.1) is 18.3 Å². The lowest BCUT2D eigenvalue weighted by Crippen LogP contribution is -2.38. The lowest BCUT2D eigenvalue weighted by atomic mass is 10.1. The molecule has 8 heteroatoms. The van der Waals surface area contributed by atoms with Crippen LogP contribution in [0.5, 0.6) is 0 Å². The van der Waals surface area contributed by atoms with Gasteiger partial charge in [-0.2, -0.15) is 5.26 Å². The number of nitriles is 1. The van der Waals surface area contributed by atoms with Crippen LogP contribution in [0.4, 0.5) is 0 Å². The smallest absolute Gasteiger partial charge is 0.340 e. The normalized spacial score (nSPS) is 16.0. The Balaban J connectivity index is 1.52. The fourth-order valence-electron chi connectivity index (χ4n) is 3.53. The minimum Gasteiger partial charge on any atom is -0.462 e. The summed E-state index contributed by atoms with van der Waals surface area (Å²) in [7, 11) is 0. The van der Waals surface area contributed by atoms with Gasteiger partial charge in [0.1, 0.15) is 11.1 Å². The molecule has 0 aliphatic carbocycles. The Morgan fingerprint density at radius 3 is 2.84 bits per heavy atom. The molecule has 1 aromatic carbocycles. The van der Waals surface area contributed by atoms with E-state index in [-0.39, 0.29) is 35.4 Å². The monoisotopic (exact) mass is 438 g/mol. The third-order valence-electron chi connectivity index (χ3n) is 5.02. The molecule has 1 aliphatic rings. The number of hydrogen-bond acceptors (Lipinski definition) is 7. The molecule has 162 valence electrons. The molecular weight excluding hydrogens is 412 g/mol. The minimum atomic E-state index is -0.500. The SMILES string of the molecule is CCOC(=O)c1cc(C#N)c(SCC(=O)NC2CCN(Cc3ccccc3)C2)nc1C. The summed E-state index contributed by atoms with van der Waals surface area (Å²) in [5.41, 5.74) is 2.28. The van der Waals surface area contributed by atoms with Gasteiger partial charge in [0.15, 0.2) is 0 Å². The Labute approximate surface area is 186 Å². The summed E-state index contributed by atoms with van der Waals surface area (Å²) in [4.78, 5) is 31.1. The first-order valence-corrected chi connectivity index (χ1v) is 11.3. The maximum Gasteiger partial charge on any atom is 0.340 e. The number of thioether (sulfide) groups is 1. The fourth-order valence-corrected chi connectivity index (χ4v) is 4.34. The largest absolute Gasteiger partial charge is 0.462 e. The standard InChI is InChI=1S/C23H26N4O3S/c1-3-30-23(29)20-11-18(12-24)22(25-16(20)2)31-15-21(28)26-19-9-10-27(14-19)13-17-7-5-4-6-8-17/h4-8,11,19H,3,9-10,13-15H2,1-2H3,(H,26,28). The van der Waals surface area contributed by atoms with E-state index in [1.165, 1.54) is 23.4 Å². The number of pyridine rings is 1. The molecule has 1 aliphatic heterocycles. The van der Waals surface area contributed by atoms with Crippen LogP contribution >= 0.6 is 11.8 Å². The summed E-state index contributed by atoms with van der Waals surface area (Å²) in [6.07, 6.45) is 0.915. The van der Waals surface area contributed by atoms with Gasteiger partial charge >= 0.3 is 5.97 Å². The number of benzene rings is 1. The van der Waals surface area contributed by atoms with E-state index in [1.807, 2.05) is 18.2 Å². The van der Waals surface area contributed by atoms with Crippen LogP contribution in [0.25, 0.3) is 0 Å². The van der Waals surface area contributed by atoms with Crippen LogP contribution in [0.2, 0.25) is 0 Å². The van der Waals surface area contributed by atoms with Crippen LogP contribution in [0.15, 0.2) is 41.4 Å². The molecule has 1 fully saturated rings. The summed E-state index contributed by atoms with van der Waals surface area (Å²) in [6, 6.07) is 14.0. The quantitative estimate of drug-likeness (QED) is 0.500. The van der Waals surface area contributed by atoms with Gasteiger partial charge in [-0.3, -0.25) is 9.69 Å². The highest BCUT2D eigenvalue weighted by molar-refractivity contribution is 8.00. The van der Waals surface area contributed by atoms with Crippen LogP contribution in [-0.4, -0.2) is 53.3 Å². The van der Waals surface area contributed by atoms with Crippen molar-refractivity contribution in [2.24, 2.45) is 0 Å². The zero-order valence-electron chi connectivity index (χ0n) is 17.8. The van der Waals surface area contributed by atoms with E-state index in [0.717, 1.165) is 26.1 Å². The van der Waals surface area contributed by atoms with Gasteiger partial charge in [0.05, 0.1) is 29.2 Å². The van der Waals surface area contributed by atoms with Crippen LogP contribution < -0.4 is 5.32 Å². The first kappa shape index (κ1) is 22.8. The summed E-state index contributed by atoms with van der Waals surface area (Å²) in [5, 5.41) is 13.0. The summed E-state index contributed by atoms with van der Waals surface area (Å²) in [5.74, 6) is -0.427. The third-order valence-corrected chi connectivity index (χ3v) is 6.01. The fraction of sp³-hybridized carbons (Fsp3) is 0.391. The lowest BCUT2D eigenvalue weighted by Gasteiger charge is -2.17. The molecule has 1 aromatic heterocycles. The van der Waals surface area contributed by atoms with E-state index in [0.29, 0.717) is 10.7 Å². The van der Waals surface area contributed by atoms with Crippen molar-refractivity contribution in [2.45, 2.75) is 37.9 Å². The molecule has 1 saturated heterocycles. The van der Waals surface area contributed by atoms with Crippen LogP contribution in [0.1, 0.15) is 40.5 Å². The predicted octanol–water partition coefficient (Wildman–Crippen LogP) is 2.92. The average Bonchev–Trinajstić information content (AvgIpc) is 3.19. The van der Waals surface area contributed by atoms with Crippen molar-refractivity contribution in [3.8, 4) is 6.07 Å². The van der Waals surface area contributed by atoms with Crippen molar-refractivity contribution in [1.82, 2.24) is 15.2 Å². The second-order valence-corrected chi connectivity index (χ2v) is 8.33. The number of hydrogen-bond donors (Lipinski definition) is 1. The van der Waals surface area contributed by atoms with Crippen molar-refractivity contribution in [2.75, 3.05) is 25.4 Å². The number of carbonyl (C=O) groups excluding carboxylic acids is 2. The van der Waals surface area contributed by atoms with Crippen molar-refractivity contribution in [1.29, 1.82) is 5.26 Å². The highest BCUT2D eigenvalue weighted by atomic mass is 32.2. The molecule has 0 spiro atoms. The van der Waals surface area contributed by atoms with Crippen molar-refractivity contribution in [3.05, 3.63) is 58.8 Å². The van der Waals surface area contributed by atoms with Gasteiger partial charge in [0.2, 0.25) is 5.91 Å². The molecule has 0 bridgehead atoms. The zero-order valence-corrected chi connectivity index (χ0v) is 18.6. The summed E-state index contributed by atoms with van der Waals surface area (Å²) in [6.45, 7) is 6.31. The van der Waals surface area contributed by atoms with Gasteiger partial charge in [0, 0.05) is 25.7 Å². The number of ether oxygens (including phenoxy) is 1. The van der Waals surface area contributed by atoms with Gasteiger partial charge in [0.25, 0.3) is 0 Å².